The normalized spacial score (nSPS) is 34.3. The van der Waals surface area contributed by atoms with E-state index in [9.17, 15) is 4.79 Å². The fourth-order valence-corrected chi connectivity index (χ4v) is 5.25. The van der Waals surface area contributed by atoms with Crippen LogP contribution < -0.4 is 5.32 Å². The molecule has 1 aromatic heterocycles. The van der Waals surface area contributed by atoms with Crippen molar-refractivity contribution < 1.29 is 10.0 Å². The van der Waals surface area contributed by atoms with E-state index >= 15 is 0 Å². The zero-order valence-corrected chi connectivity index (χ0v) is 14.8. The number of rotatable bonds is 2. The fourth-order valence-electron chi connectivity index (χ4n) is 5.25. The van der Waals surface area contributed by atoms with Crippen LogP contribution >= 0.6 is 0 Å². The predicted octanol–water partition coefficient (Wildman–Crippen LogP) is 1.76. The van der Waals surface area contributed by atoms with Gasteiger partial charge in [-0.05, 0) is 31.7 Å². The van der Waals surface area contributed by atoms with Crippen molar-refractivity contribution in [2.45, 2.75) is 43.8 Å². The first kappa shape index (κ1) is 15.8. The highest BCUT2D eigenvalue weighted by Crippen LogP contribution is 2.41. The molecule has 4 aliphatic rings. The van der Waals surface area contributed by atoms with Crippen LogP contribution in [0.15, 0.2) is 29.4 Å². The van der Waals surface area contributed by atoms with E-state index in [1.807, 2.05) is 31.3 Å². The average molecular weight is 353 g/mol. The van der Waals surface area contributed by atoms with Crippen molar-refractivity contribution in [3.8, 4) is 0 Å². The second-order valence-corrected chi connectivity index (χ2v) is 7.87. The number of aryl methyl sites for hydroxylation is 1. The number of benzene rings is 1. The molecule has 0 spiro atoms. The Morgan fingerprint density at radius 3 is 2.65 bits per heavy atom. The van der Waals surface area contributed by atoms with Gasteiger partial charge in [0.2, 0.25) is 0 Å². The highest BCUT2D eigenvalue weighted by atomic mass is 16.4. The van der Waals surface area contributed by atoms with Gasteiger partial charge in [-0.3, -0.25) is 14.4 Å². The molecule has 4 aliphatic heterocycles. The molecule has 3 unspecified atom stereocenters. The van der Waals surface area contributed by atoms with E-state index in [2.05, 4.69) is 20.5 Å². The molecule has 0 saturated carbocycles. The second-order valence-electron chi connectivity index (χ2n) is 7.87. The predicted molar refractivity (Wildman–Crippen MR) is 97.4 cm³/mol. The van der Waals surface area contributed by atoms with E-state index in [-0.39, 0.29) is 11.9 Å². The van der Waals surface area contributed by atoms with Crippen LogP contribution in [-0.2, 0) is 7.05 Å². The second kappa shape index (κ2) is 5.81. The van der Waals surface area contributed by atoms with Gasteiger partial charge in [0, 0.05) is 43.0 Å². The third kappa shape index (κ3) is 2.34. The Morgan fingerprint density at radius 1 is 1.23 bits per heavy atom. The fraction of sp³-hybridized carbons (Fsp3) is 0.526. The van der Waals surface area contributed by atoms with Gasteiger partial charge < -0.3 is 10.5 Å². The summed E-state index contributed by atoms with van der Waals surface area (Å²) in [5.41, 5.74) is 2.41. The molecular weight excluding hydrogens is 330 g/mol. The Kier molecular flexibility index (Phi) is 3.53. The molecule has 6 rings (SSSR count). The van der Waals surface area contributed by atoms with Gasteiger partial charge in [0.15, 0.2) is 5.69 Å². The minimum Gasteiger partial charge on any atom is -0.411 e. The lowest BCUT2D eigenvalue weighted by Gasteiger charge is -2.55. The van der Waals surface area contributed by atoms with Gasteiger partial charge in [-0.2, -0.15) is 5.10 Å². The standard InChI is InChI=1S/C19H23N5O2/c1-23-17-5-3-2-4-15(17)18(21-23)19(25)20-12-8-13-6-11-7-14(9-12)24(13)10-16(11)22-26/h2-5,11-14,26H,6-10H2,1H3,(H,20,25)/b22-16-/t11-,12?,13+,14?/m0/s1. The van der Waals surface area contributed by atoms with E-state index in [1.54, 1.807) is 4.68 Å². The number of hydrogen-bond donors (Lipinski definition) is 2. The Morgan fingerprint density at radius 2 is 1.96 bits per heavy atom. The van der Waals surface area contributed by atoms with Crippen molar-refractivity contribution in [3.05, 3.63) is 30.0 Å². The summed E-state index contributed by atoms with van der Waals surface area (Å²) in [4.78, 5) is 15.3. The zero-order valence-electron chi connectivity index (χ0n) is 14.8. The van der Waals surface area contributed by atoms with Gasteiger partial charge in [-0.1, -0.05) is 23.4 Å². The molecule has 5 atom stereocenters. The van der Waals surface area contributed by atoms with Crippen LogP contribution in [0.25, 0.3) is 10.9 Å². The first-order valence-electron chi connectivity index (χ1n) is 9.33. The van der Waals surface area contributed by atoms with Gasteiger partial charge >= 0.3 is 0 Å². The topological polar surface area (TPSA) is 82.8 Å². The summed E-state index contributed by atoms with van der Waals surface area (Å²) in [7, 11) is 1.87. The minimum absolute atomic E-state index is 0.0791. The van der Waals surface area contributed by atoms with Crippen molar-refractivity contribution >= 4 is 22.5 Å². The molecule has 5 heterocycles. The lowest BCUT2D eigenvalue weighted by Crippen LogP contribution is -2.64. The number of nitrogens with one attached hydrogen (secondary N) is 1. The van der Waals surface area contributed by atoms with E-state index in [0.29, 0.717) is 23.7 Å². The van der Waals surface area contributed by atoms with E-state index in [0.717, 1.165) is 48.8 Å². The van der Waals surface area contributed by atoms with Crippen LogP contribution in [0.5, 0.6) is 0 Å². The van der Waals surface area contributed by atoms with Crippen molar-refractivity contribution in [1.29, 1.82) is 0 Å². The summed E-state index contributed by atoms with van der Waals surface area (Å²) in [6.07, 6.45) is 3.99. The summed E-state index contributed by atoms with van der Waals surface area (Å²) in [6.45, 7) is 0.780. The molecule has 0 aliphatic carbocycles. The summed E-state index contributed by atoms with van der Waals surface area (Å²) in [5, 5.41) is 21.2. The monoisotopic (exact) mass is 353 g/mol. The number of carbonyl (C=O) groups excluding carboxylic acids is 1. The van der Waals surface area contributed by atoms with E-state index in [4.69, 9.17) is 5.21 Å². The van der Waals surface area contributed by atoms with Crippen LogP contribution in [0.3, 0.4) is 0 Å². The van der Waals surface area contributed by atoms with Crippen LogP contribution in [0.4, 0.5) is 0 Å². The third-order valence-electron chi connectivity index (χ3n) is 6.42. The zero-order chi connectivity index (χ0) is 17.8. The maximum Gasteiger partial charge on any atom is 0.272 e. The molecule has 2 aromatic rings. The molecular formula is C19H23N5O2. The Hall–Kier alpha value is -2.41. The number of aromatic nitrogens is 2. The van der Waals surface area contributed by atoms with Gasteiger partial charge in [-0.15, -0.1) is 0 Å². The first-order valence-corrected chi connectivity index (χ1v) is 9.33. The molecule has 1 aromatic carbocycles. The molecule has 7 heteroatoms. The summed E-state index contributed by atoms with van der Waals surface area (Å²) >= 11 is 0. The highest BCUT2D eigenvalue weighted by molar-refractivity contribution is 6.05. The van der Waals surface area contributed by atoms with Gasteiger partial charge in [-0.25, -0.2) is 0 Å². The third-order valence-corrected chi connectivity index (χ3v) is 6.42. The van der Waals surface area contributed by atoms with Crippen LogP contribution in [0.1, 0.15) is 36.2 Å². The Labute approximate surface area is 151 Å². The average Bonchev–Trinajstić information content (AvgIpc) is 2.98. The lowest BCUT2D eigenvalue weighted by molar-refractivity contribution is 0.00448. The molecule has 0 radical (unpaired) electrons. The number of nitrogens with zero attached hydrogens (tertiary/aromatic N) is 4. The largest absolute Gasteiger partial charge is 0.411 e. The number of oxime groups is 1. The molecule has 7 nitrogen and oxygen atoms in total. The number of carbonyl (C=O) groups is 1. The SMILES string of the molecule is Cn1nc(C(=O)NC2CC3C[C@@H]4C[C@H](C2)N3C/C4=N/O)c2ccccc21. The van der Waals surface area contributed by atoms with Crippen molar-refractivity contribution in [1.82, 2.24) is 20.0 Å². The number of piperidine rings is 4. The molecule has 136 valence electrons. The molecule has 4 bridgehead atoms. The van der Waals surface area contributed by atoms with Crippen molar-refractivity contribution in [2.24, 2.45) is 18.1 Å². The van der Waals surface area contributed by atoms with Crippen molar-refractivity contribution in [2.75, 3.05) is 6.54 Å². The van der Waals surface area contributed by atoms with Crippen LogP contribution in [0.2, 0.25) is 0 Å². The van der Waals surface area contributed by atoms with E-state index in [1.165, 1.54) is 0 Å². The van der Waals surface area contributed by atoms with Gasteiger partial charge in [0.05, 0.1) is 11.2 Å². The smallest absolute Gasteiger partial charge is 0.272 e. The first-order chi connectivity index (χ1) is 12.6. The lowest BCUT2D eigenvalue weighted by atomic mass is 9.71. The maximum absolute atomic E-state index is 12.9. The molecule has 4 fully saturated rings. The van der Waals surface area contributed by atoms with Gasteiger partial charge in [0.1, 0.15) is 0 Å². The number of fused-ring (bicyclic) bond motifs is 2. The Balaban J connectivity index is 1.33. The number of amides is 1. The highest BCUT2D eigenvalue weighted by Gasteiger charge is 2.48. The molecule has 4 saturated heterocycles. The summed E-state index contributed by atoms with van der Waals surface area (Å²) in [6, 6.07) is 8.97. The molecule has 2 N–H and O–H groups in total. The van der Waals surface area contributed by atoms with Crippen LogP contribution in [-0.4, -0.2) is 56.2 Å². The van der Waals surface area contributed by atoms with Gasteiger partial charge in [0.25, 0.3) is 5.91 Å². The maximum atomic E-state index is 12.9. The molecule has 26 heavy (non-hydrogen) atoms. The summed E-state index contributed by atoms with van der Waals surface area (Å²) in [5.74, 6) is 0.334. The molecule has 1 amide bonds. The number of hydrogen-bond acceptors (Lipinski definition) is 5. The quantitative estimate of drug-likeness (QED) is 0.637. The Bertz CT molecular complexity index is 888. The van der Waals surface area contributed by atoms with Crippen molar-refractivity contribution in [3.63, 3.8) is 0 Å². The van der Waals surface area contributed by atoms with Crippen LogP contribution in [0, 0.1) is 5.92 Å². The minimum atomic E-state index is -0.0791. The van der Waals surface area contributed by atoms with E-state index < -0.39 is 0 Å². The number of para-hydroxylation sites is 1. The summed E-state index contributed by atoms with van der Waals surface area (Å²) < 4.78 is 1.76.